The lowest BCUT2D eigenvalue weighted by Gasteiger charge is -2.25. The lowest BCUT2D eigenvalue weighted by molar-refractivity contribution is -0.137. The zero-order valence-corrected chi connectivity index (χ0v) is 14.0. The van der Waals surface area contributed by atoms with Gasteiger partial charge in [0, 0.05) is 18.4 Å². The number of aryl methyl sites for hydroxylation is 1. The second kappa shape index (κ2) is 7.97. The number of aliphatic carboxylic acids is 1. The van der Waals surface area contributed by atoms with Crippen molar-refractivity contribution in [3.8, 4) is 0 Å². The molecule has 122 valence electrons. The monoisotopic (exact) mass is 305 g/mol. The van der Waals surface area contributed by atoms with Gasteiger partial charge in [0.15, 0.2) is 0 Å². The molecule has 0 fully saturated rings. The van der Waals surface area contributed by atoms with Crippen LogP contribution in [0.25, 0.3) is 0 Å². The highest BCUT2D eigenvalue weighted by molar-refractivity contribution is 5.77. The number of carboxylic acid groups (broad SMARTS) is 1. The van der Waals surface area contributed by atoms with Crippen molar-refractivity contribution in [3.05, 3.63) is 35.4 Å². The standard InChI is InChI=1S/C18H27NO3/c1-13(2)15-8-5-14(6-9-15)7-10-16(20)19-18(3,4)12-11-17(21)22/h5-6,8-9,13H,7,10-12H2,1-4H3,(H,19,20)(H,21,22). The fourth-order valence-corrected chi connectivity index (χ4v) is 2.25. The Bertz CT molecular complexity index is 504. The van der Waals surface area contributed by atoms with Gasteiger partial charge in [-0.1, -0.05) is 38.1 Å². The maximum absolute atomic E-state index is 12.0. The number of amides is 1. The van der Waals surface area contributed by atoms with E-state index in [1.54, 1.807) is 0 Å². The smallest absolute Gasteiger partial charge is 0.303 e. The van der Waals surface area contributed by atoms with Gasteiger partial charge in [-0.25, -0.2) is 0 Å². The van der Waals surface area contributed by atoms with Crippen molar-refractivity contribution in [2.75, 3.05) is 0 Å². The van der Waals surface area contributed by atoms with Crippen molar-refractivity contribution >= 4 is 11.9 Å². The van der Waals surface area contributed by atoms with Crippen LogP contribution >= 0.6 is 0 Å². The molecule has 4 nitrogen and oxygen atoms in total. The van der Waals surface area contributed by atoms with Crippen LogP contribution in [0.1, 0.15) is 64.0 Å². The molecule has 0 spiro atoms. The number of hydrogen-bond donors (Lipinski definition) is 2. The summed E-state index contributed by atoms with van der Waals surface area (Å²) in [6.07, 6.45) is 1.60. The first kappa shape index (κ1) is 18.2. The van der Waals surface area contributed by atoms with Gasteiger partial charge in [-0.15, -0.1) is 0 Å². The molecule has 0 bridgehead atoms. The third-order valence-corrected chi connectivity index (χ3v) is 3.73. The van der Waals surface area contributed by atoms with E-state index in [4.69, 9.17) is 5.11 Å². The highest BCUT2D eigenvalue weighted by Gasteiger charge is 2.21. The molecule has 4 heteroatoms. The number of benzene rings is 1. The van der Waals surface area contributed by atoms with Gasteiger partial charge in [0.1, 0.15) is 0 Å². The minimum Gasteiger partial charge on any atom is -0.481 e. The fourth-order valence-electron chi connectivity index (χ4n) is 2.25. The van der Waals surface area contributed by atoms with Crippen LogP contribution < -0.4 is 5.32 Å². The topological polar surface area (TPSA) is 66.4 Å². The van der Waals surface area contributed by atoms with Crippen LogP contribution in [0.15, 0.2) is 24.3 Å². The molecule has 0 aliphatic rings. The highest BCUT2D eigenvalue weighted by atomic mass is 16.4. The summed E-state index contributed by atoms with van der Waals surface area (Å²) in [4.78, 5) is 22.6. The van der Waals surface area contributed by atoms with E-state index in [1.807, 2.05) is 13.8 Å². The molecule has 1 aromatic carbocycles. The number of carboxylic acids is 1. The number of carbonyl (C=O) groups excluding carboxylic acids is 1. The Balaban J connectivity index is 2.43. The predicted molar refractivity (Wildman–Crippen MR) is 87.9 cm³/mol. The zero-order chi connectivity index (χ0) is 16.8. The van der Waals surface area contributed by atoms with E-state index < -0.39 is 11.5 Å². The molecule has 0 aliphatic carbocycles. The third-order valence-electron chi connectivity index (χ3n) is 3.73. The second-order valence-electron chi connectivity index (χ2n) is 6.72. The van der Waals surface area contributed by atoms with Gasteiger partial charge in [-0.3, -0.25) is 9.59 Å². The summed E-state index contributed by atoms with van der Waals surface area (Å²) in [6, 6.07) is 8.35. The minimum absolute atomic E-state index is 0.0386. The van der Waals surface area contributed by atoms with Crippen molar-refractivity contribution < 1.29 is 14.7 Å². The molecule has 0 saturated heterocycles. The molecule has 0 aromatic heterocycles. The molecular formula is C18H27NO3. The van der Waals surface area contributed by atoms with Gasteiger partial charge in [0.25, 0.3) is 0 Å². The molecule has 1 rings (SSSR count). The Kier molecular flexibility index (Phi) is 6.60. The largest absolute Gasteiger partial charge is 0.481 e. The van der Waals surface area contributed by atoms with Gasteiger partial charge in [-0.05, 0) is 43.7 Å². The van der Waals surface area contributed by atoms with Crippen LogP contribution in [0.4, 0.5) is 0 Å². The van der Waals surface area contributed by atoms with E-state index in [0.29, 0.717) is 25.2 Å². The van der Waals surface area contributed by atoms with Gasteiger partial charge >= 0.3 is 5.97 Å². The Morgan fingerprint density at radius 2 is 1.73 bits per heavy atom. The maximum Gasteiger partial charge on any atom is 0.303 e. The van der Waals surface area contributed by atoms with Gasteiger partial charge < -0.3 is 10.4 Å². The molecule has 0 saturated carbocycles. The van der Waals surface area contributed by atoms with Crippen molar-refractivity contribution in [3.63, 3.8) is 0 Å². The summed E-state index contributed by atoms with van der Waals surface area (Å²) < 4.78 is 0. The molecule has 0 radical (unpaired) electrons. The van der Waals surface area contributed by atoms with E-state index in [9.17, 15) is 9.59 Å². The van der Waals surface area contributed by atoms with E-state index in [-0.39, 0.29) is 12.3 Å². The summed E-state index contributed by atoms with van der Waals surface area (Å²) in [5.74, 6) is -0.372. The lowest BCUT2D eigenvalue weighted by Crippen LogP contribution is -2.43. The van der Waals surface area contributed by atoms with Gasteiger partial charge in [0.05, 0.1) is 0 Å². The van der Waals surface area contributed by atoms with Crippen LogP contribution in [0, 0.1) is 0 Å². The van der Waals surface area contributed by atoms with Crippen LogP contribution in [0.2, 0.25) is 0 Å². The molecule has 0 aliphatic heterocycles. The molecule has 1 amide bonds. The third kappa shape index (κ3) is 6.74. The van der Waals surface area contributed by atoms with Crippen LogP contribution in [0.5, 0.6) is 0 Å². The van der Waals surface area contributed by atoms with Crippen molar-refractivity contribution in [1.82, 2.24) is 5.32 Å². The van der Waals surface area contributed by atoms with Gasteiger partial charge in [0.2, 0.25) is 5.91 Å². The first-order valence-corrected chi connectivity index (χ1v) is 7.81. The molecule has 2 N–H and O–H groups in total. The zero-order valence-electron chi connectivity index (χ0n) is 14.0. The van der Waals surface area contributed by atoms with E-state index in [0.717, 1.165) is 5.56 Å². The quantitative estimate of drug-likeness (QED) is 0.772. The van der Waals surface area contributed by atoms with E-state index >= 15 is 0 Å². The van der Waals surface area contributed by atoms with Crippen LogP contribution in [-0.2, 0) is 16.0 Å². The average molecular weight is 305 g/mol. The normalized spacial score (nSPS) is 11.5. The predicted octanol–water partition coefficient (Wildman–Crippen LogP) is 3.50. The Hall–Kier alpha value is -1.84. The van der Waals surface area contributed by atoms with E-state index in [1.165, 1.54) is 5.56 Å². The molecule has 22 heavy (non-hydrogen) atoms. The summed E-state index contributed by atoms with van der Waals surface area (Å²) in [5, 5.41) is 11.6. The minimum atomic E-state index is -0.840. The number of carbonyl (C=O) groups is 2. The first-order chi connectivity index (χ1) is 10.2. The SMILES string of the molecule is CC(C)c1ccc(CCC(=O)NC(C)(C)CCC(=O)O)cc1. The number of hydrogen-bond acceptors (Lipinski definition) is 2. The summed E-state index contributed by atoms with van der Waals surface area (Å²) in [5.41, 5.74) is 1.95. The van der Waals surface area contributed by atoms with Crippen molar-refractivity contribution in [2.45, 2.75) is 64.8 Å². The summed E-state index contributed by atoms with van der Waals surface area (Å²) >= 11 is 0. The summed E-state index contributed by atoms with van der Waals surface area (Å²) in [6.45, 7) is 8.01. The maximum atomic E-state index is 12.0. The van der Waals surface area contributed by atoms with Crippen molar-refractivity contribution in [2.24, 2.45) is 0 Å². The lowest BCUT2D eigenvalue weighted by atomic mass is 9.97. The Morgan fingerprint density at radius 1 is 1.14 bits per heavy atom. The second-order valence-corrected chi connectivity index (χ2v) is 6.72. The summed E-state index contributed by atoms with van der Waals surface area (Å²) in [7, 11) is 0. The Labute approximate surface area is 132 Å². The first-order valence-electron chi connectivity index (χ1n) is 7.81. The Morgan fingerprint density at radius 3 is 2.23 bits per heavy atom. The van der Waals surface area contributed by atoms with Crippen molar-refractivity contribution in [1.29, 1.82) is 0 Å². The van der Waals surface area contributed by atoms with E-state index in [2.05, 4.69) is 43.4 Å². The molecule has 0 unspecified atom stereocenters. The molecule has 1 aromatic rings. The average Bonchev–Trinajstić information content (AvgIpc) is 2.43. The van der Waals surface area contributed by atoms with Crippen LogP contribution in [-0.4, -0.2) is 22.5 Å². The number of rotatable bonds is 8. The van der Waals surface area contributed by atoms with Crippen LogP contribution in [0.3, 0.4) is 0 Å². The fraction of sp³-hybridized carbons (Fsp3) is 0.556. The van der Waals surface area contributed by atoms with Gasteiger partial charge in [-0.2, -0.15) is 0 Å². The molecular weight excluding hydrogens is 278 g/mol. The molecule has 0 heterocycles. The number of nitrogens with one attached hydrogen (secondary N) is 1. The highest BCUT2D eigenvalue weighted by Crippen LogP contribution is 2.16. The molecule has 0 atom stereocenters.